The minimum Gasteiger partial charge on any atom is -0.404 e. The molecule has 1 aromatic heterocycles. The summed E-state index contributed by atoms with van der Waals surface area (Å²) in [4.78, 5) is 22.6. The van der Waals surface area contributed by atoms with Crippen LogP contribution in [0.5, 0.6) is 0 Å². The van der Waals surface area contributed by atoms with Crippen molar-refractivity contribution in [2.75, 3.05) is 0 Å². The molecule has 1 saturated heterocycles. The molecule has 1 N–H and O–H groups in total. The van der Waals surface area contributed by atoms with Crippen molar-refractivity contribution in [3.63, 3.8) is 0 Å². The summed E-state index contributed by atoms with van der Waals surface area (Å²) in [5, 5.41) is 2.08. The van der Waals surface area contributed by atoms with E-state index in [0.29, 0.717) is 0 Å². The van der Waals surface area contributed by atoms with Crippen LogP contribution in [0, 0.1) is 13.8 Å². The molecule has 5 nitrogen and oxygen atoms in total. The summed E-state index contributed by atoms with van der Waals surface area (Å²) in [7, 11) is 0. The predicted molar refractivity (Wildman–Crippen MR) is 77.8 cm³/mol. The first kappa shape index (κ1) is 13.2. The molecule has 2 heterocycles. The van der Waals surface area contributed by atoms with E-state index in [2.05, 4.69) is 9.88 Å². The molecule has 0 radical (unpaired) electrons. The number of rotatable bonds is 2. The first-order valence-electron chi connectivity index (χ1n) is 6.55. The van der Waals surface area contributed by atoms with Gasteiger partial charge in [-0.1, -0.05) is 18.2 Å². The number of carbonyl (C=O) groups is 2. The summed E-state index contributed by atoms with van der Waals surface area (Å²) in [5.41, 5.74) is 3.90. The maximum absolute atomic E-state index is 11.5. The van der Waals surface area contributed by atoms with E-state index in [0.717, 1.165) is 22.6 Å². The molecule has 0 unspecified atom stereocenters. The molecule has 3 rings (SSSR count). The highest BCUT2D eigenvalue weighted by Gasteiger charge is 2.26. The first-order chi connectivity index (χ1) is 10.1. The number of carbonyl (C=O) groups excluding carboxylic acids is 2. The van der Waals surface area contributed by atoms with Crippen LogP contribution in [0.2, 0.25) is 0 Å². The molecule has 2 amide bonds. The number of cyclic esters (lactones) is 1. The van der Waals surface area contributed by atoms with Gasteiger partial charge in [0.1, 0.15) is 0 Å². The fraction of sp³-hybridized carbons (Fsp3) is 0.125. The van der Waals surface area contributed by atoms with Gasteiger partial charge in [0, 0.05) is 17.1 Å². The smallest absolute Gasteiger partial charge is 0.404 e. The van der Waals surface area contributed by atoms with Crippen molar-refractivity contribution in [1.29, 1.82) is 0 Å². The van der Waals surface area contributed by atoms with Crippen LogP contribution in [-0.2, 0) is 9.53 Å². The standard InChI is InChI=1S/C16H14N2O3/c1-10-8-12(9-14-15(19)17-16(20)21-14)11(2)18(10)13-6-4-3-5-7-13/h3-9H,1-2H3,(H,17,19,20). The van der Waals surface area contributed by atoms with Crippen LogP contribution >= 0.6 is 0 Å². The maximum atomic E-state index is 11.5. The summed E-state index contributed by atoms with van der Waals surface area (Å²) in [6.07, 6.45) is 0.852. The molecule has 0 aliphatic carbocycles. The van der Waals surface area contributed by atoms with E-state index in [9.17, 15) is 9.59 Å². The third-order valence-corrected chi connectivity index (χ3v) is 3.41. The monoisotopic (exact) mass is 282 g/mol. The van der Waals surface area contributed by atoms with Crippen molar-refractivity contribution in [2.24, 2.45) is 0 Å². The molecular weight excluding hydrogens is 268 g/mol. The van der Waals surface area contributed by atoms with Crippen LogP contribution in [0.15, 0.2) is 42.2 Å². The van der Waals surface area contributed by atoms with Gasteiger partial charge in [-0.2, -0.15) is 0 Å². The summed E-state index contributed by atoms with van der Waals surface area (Å²) < 4.78 is 6.92. The predicted octanol–water partition coefficient (Wildman–Crippen LogP) is 2.70. The van der Waals surface area contributed by atoms with Crippen molar-refractivity contribution < 1.29 is 14.3 Å². The van der Waals surface area contributed by atoms with E-state index in [4.69, 9.17) is 4.74 Å². The summed E-state index contributed by atoms with van der Waals surface area (Å²) in [6, 6.07) is 11.9. The zero-order valence-electron chi connectivity index (χ0n) is 11.7. The Labute approximate surface area is 121 Å². The number of ether oxygens (including phenoxy) is 1. The number of amides is 2. The lowest BCUT2D eigenvalue weighted by molar-refractivity contribution is -0.116. The molecule has 0 saturated carbocycles. The second kappa shape index (κ2) is 4.94. The van der Waals surface area contributed by atoms with Crippen molar-refractivity contribution in [3.8, 4) is 5.69 Å². The molecule has 0 spiro atoms. The lowest BCUT2D eigenvalue weighted by Gasteiger charge is -2.09. The summed E-state index contributed by atoms with van der Waals surface area (Å²) >= 11 is 0. The van der Waals surface area contributed by atoms with E-state index in [-0.39, 0.29) is 5.76 Å². The Kier molecular flexibility index (Phi) is 3.10. The van der Waals surface area contributed by atoms with Gasteiger partial charge < -0.3 is 9.30 Å². The SMILES string of the molecule is Cc1cc(C=C2OC(=O)NC2=O)c(C)n1-c1ccccc1. The van der Waals surface area contributed by atoms with Crippen LogP contribution in [0.1, 0.15) is 17.0 Å². The molecule has 5 heteroatoms. The highest BCUT2D eigenvalue weighted by atomic mass is 16.6. The summed E-state index contributed by atoms with van der Waals surface area (Å²) in [6.45, 7) is 3.95. The lowest BCUT2D eigenvalue weighted by atomic mass is 10.2. The summed E-state index contributed by atoms with van der Waals surface area (Å²) in [5.74, 6) is -0.488. The second-order valence-corrected chi connectivity index (χ2v) is 4.85. The minimum atomic E-state index is -0.733. The van der Waals surface area contributed by atoms with E-state index >= 15 is 0 Å². The van der Waals surface area contributed by atoms with Crippen LogP contribution in [0.4, 0.5) is 4.79 Å². The average molecular weight is 282 g/mol. The van der Waals surface area contributed by atoms with Crippen molar-refractivity contribution in [3.05, 3.63) is 59.1 Å². The van der Waals surface area contributed by atoms with Gasteiger partial charge in [-0.15, -0.1) is 0 Å². The van der Waals surface area contributed by atoms with E-state index in [1.54, 1.807) is 6.08 Å². The number of nitrogens with one attached hydrogen (secondary N) is 1. The molecule has 21 heavy (non-hydrogen) atoms. The lowest BCUT2D eigenvalue weighted by Crippen LogP contribution is -2.18. The fourth-order valence-corrected chi connectivity index (χ4v) is 2.47. The third kappa shape index (κ3) is 2.33. The zero-order valence-corrected chi connectivity index (χ0v) is 11.7. The molecule has 1 aliphatic rings. The Balaban J connectivity index is 2.05. The molecule has 1 aliphatic heterocycles. The molecule has 1 aromatic carbocycles. The number of imide groups is 1. The highest BCUT2D eigenvalue weighted by molar-refractivity contribution is 6.09. The quantitative estimate of drug-likeness (QED) is 0.861. The van der Waals surface area contributed by atoms with Gasteiger partial charge in [0.15, 0.2) is 5.76 Å². The van der Waals surface area contributed by atoms with E-state index in [1.807, 2.05) is 50.2 Å². The molecule has 1 fully saturated rings. The number of aryl methyl sites for hydroxylation is 1. The van der Waals surface area contributed by atoms with Crippen molar-refractivity contribution >= 4 is 18.1 Å². The molecular formula is C16H14N2O3. The molecule has 106 valence electrons. The first-order valence-corrected chi connectivity index (χ1v) is 6.55. The van der Waals surface area contributed by atoms with E-state index < -0.39 is 12.0 Å². The van der Waals surface area contributed by atoms with Crippen molar-refractivity contribution in [2.45, 2.75) is 13.8 Å². The fourth-order valence-electron chi connectivity index (χ4n) is 2.47. The van der Waals surface area contributed by atoms with Crippen LogP contribution in [-0.4, -0.2) is 16.6 Å². The van der Waals surface area contributed by atoms with Crippen LogP contribution in [0.3, 0.4) is 0 Å². The Morgan fingerprint density at radius 2 is 1.86 bits per heavy atom. The zero-order chi connectivity index (χ0) is 15.0. The van der Waals surface area contributed by atoms with Gasteiger partial charge in [0.25, 0.3) is 5.91 Å². The van der Waals surface area contributed by atoms with Crippen LogP contribution in [0.25, 0.3) is 11.8 Å². The normalized spacial score (nSPS) is 16.2. The average Bonchev–Trinajstić information content (AvgIpc) is 2.91. The van der Waals surface area contributed by atoms with Gasteiger partial charge in [0.05, 0.1) is 0 Å². The van der Waals surface area contributed by atoms with Crippen LogP contribution < -0.4 is 5.32 Å². The second-order valence-electron chi connectivity index (χ2n) is 4.85. The number of alkyl carbamates (subject to hydrolysis) is 1. The number of nitrogens with zero attached hydrogens (tertiary/aromatic N) is 1. The van der Waals surface area contributed by atoms with Gasteiger partial charge in [-0.25, -0.2) is 4.79 Å². The number of para-hydroxylation sites is 1. The van der Waals surface area contributed by atoms with Gasteiger partial charge in [0.2, 0.25) is 0 Å². The molecule has 0 atom stereocenters. The Morgan fingerprint density at radius 3 is 2.48 bits per heavy atom. The van der Waals surface area contributed by atoms with Gasteiger partial charge >= 0.3 is 6.09 Å². The van der Waals surface area contributed by atoms with Gasteiger partial charge in [-0.05, 0) is 43.7 Å². The maximum Gasteiger partial charge on any atom is 0.419 e. The largest absolute Gasteiger partial charge is 0.419 e. The highest BCUT2D eigenvalue weighted by Crippen LogP contribution is 2.23. The Morgan fingerprint density at radius 1 is 1.14 bits per heavy atom. The number of aromatic nitrogens is 1. The number of hydrogen-bond donors (Lipinski definition) is 1. The number of hydrogen-bond acceptors (Lipinski definition) is 3. The Hall–Kier alpha value is -2.82. The Bertz CT molecular complexity index is 757. The minimum absolute atomic E-state index is 0.0216. The van der Waals surface area contributed by atoms with Gasteiger partial charge in [-0.3, -0.25) is 10.1 Å². The third-order valence-electron chi connectivity index (χ3n) is 3.41. The molecule has 0 bridgehead atoms. The topological polar surface area (TPSA) is 60.3 Å². The number of benzene rings is 1. The van der Waals surface area contributed by atoms with Crippen molar-refractivity contribution in [1.82, 2.24) is 9.88 Å². The molecule has 2 aromatic rings. The van der Waals surface area contributed by atoms with E-state index in [1.165, 1.54) is 0 Å².